The molecule has 0 saturated heterocycles. The van der Waals surface area contributed by atoms with E-state index in [2.05, 4.69) is 51.8 Å². The second-order valence-corrected chi connectivity index (χ2v) is 15.7. The zero-order valence-electron chi connectivity index (χ0n) is 21.1. The Hall–Kier alpha value is -1.61. The maximum absolute atomic E-state index is 13.0. The summed E-state index contributed by atoms with van der Waals surface area (Å²) in [5, 5.41) is 0. The average Bonchev–Trinajstić information content (AvgIpc) is 2.78. The van der Waals surface area contributed by atoms with Gasteiger partial charge >= 0.3 is 0 Å². The second-order valence-electron chi connectivity index (χ2n) is 8.74. The van der Waals surface area contributed by atoms with Gasteiger partial charge in [-0.05, 0) is 55.6 Å². The van der Waals surface area contributed by atoms with Crippen LogP contribution in [0.25, 0.3) is 0 Å². The Kier molecular flexibility index (Phi) is 12.3. The van der Waals surface area contributed by atoms with Gasteiger partial charge in [0.15, 0.2) is 0 Å². The van der Waals surface area contributed by atoms with Crippen LogP contribution in [-0.2, 0) is 10.0 Å². The van der Waals surface area contributed by atoms with E-state index in [1.165, 1.54) is 23.6 Å². The quantitative estimate of drug-likeness (QED) is 0.132. The standard InChI is InChI=1S/C27H43NO2SSi/c1-8-12-13-14-15-16-26(21-22-32(9-2,10-3)11-4)25(6)23-28(7)31(29,30)27-19-17-24(5)18-20-27/h16-20H,6,8-15,23H2,1-5,7H3/b26-16-. The molecule has 178 valence electrons. The third-order valence-corrected chi connectivity index (χ3v) is 13.0. The fourth-order valence-corrected chi connectivity index (χ4v) is 7.24. The number of likely N-dealkylation sites (N-methyl/N-ethyl adjacent to an activating group) is 1. The highest BCUT2D eigenvalue weighted by atomic mass is 32.2. The van der Waals surface area contributed by atoms with Crippen LogP contribution in [0.4, 0.5) is 0 Å². The number of nitrogens with zero attached hydrogens (tertiary/aromatic N) is 1. The van der Waals surface area contributed by atoms with Gasteiger partial charge in [0.25, 0.3) is 0 Å². The van der Waals surface area contributed by atoms with Crippen LogP contribution in [-0.4, -0.2) is 34.4 Å². The van der Waals surface area contributed by atoms with E-state index in [1.807, 2.05) is 19.1 Å². The summed E-state index contributed by atoms with van der Waals surface area (Å²) in [5.41, 5.74) is 6.39. The van der Waals surface area contributed by atoms with E-state index >= 15 is 0 Å². The third kappa shape index (κ3) is 8.39. The molecule has 0 spiro atoms. The fraction of sp³-hybridized carbons (Fsp3) is 0.556. The van der Waals surface area contributed by atoms with Crippen molar-refractivity contribution in [2.45, 2.75) is 89.8 Å². The number of sulfonamides is 1. The first-order chi connectivity index (χ1) is 15.2. The van der Waals surface area contributed by atoms with Gasteiger partial charge in [-0.15, -0.1) is 5.54 Å². The molecule has 0 radical (unpaired) electrons. The van der Waals surface area contributed by atoms with Gasteiger partial charge in [-0.2, -0.15) is 4.31 Å². The number of aryl methyl sites for hydroxylation is 1. The molecule has 0 amide bonds. The van der Waals surface area contributed by atoms with Crippen LogP contribution in [0.1, 0.15) is 65.4 Å². The predicted octanol–water partition coefficient (Wildman–Crippen LogP) is 7.12. The van der Waals surface area contributed by atoms with Crippen LogP contribution in [0.2, 0.25) is 18.1 Å². The van der Waals surface area contributed by atoms with E-state index < -0.39 is 18.1 Å². The minimum atomic E-state index is -3.57. The van der Waals surface area contributed by atoms with Crippen LogP contribution in [0.3, 0.4) is 0 Å². The Morgan fingerprint density at radius 3 is 2.16 bits per heavy atom. The van der Waals surface area contributed by atoms with Gasteiger partial charge in [0.05, 0.1) is 4.90 Å². The summed E-state index contributed by atoms with van der Waals surface area (Å²) in [5.74, 6) is 3.46. The van der Waals surface area contributed by atoms with E-state index in [4.69, 9.17) is 0 Å². The van der Waals surface area contributed by atoms with Crippen molar-refractivity contribution in [3.63, 3.8) is 0 Å². The molecule has 0 bridgehead atoms. The zero-order valence-corrected chi connectivity index (χ0v) is 22.9. The zero-order chi connectivity index (χ0) is 24.2. The molecule has 0 aromatic heterocycles. The first kappa shape index (κ1) is 28.4. The van der Waals surface area contributed by atoms with Crippen LogP contribution in [0.15, 0.2) is 53.0 Å². The van der Waals surface area contributed by atoms with Crippen molar-refractivity contribution < 1.29 is 8.42 Å². The summed E-state index contributed by atoms with van der Waals surface area (Å²) in [7, 11) is -3.54. The van der Waals surface area contributed by atoms with Crippen LogP contribution in [0, 0.1) is 18.4 Å². The molecule has 32 heavy (non-hydrogen) atoms. The van der Waals surface area contributed by atoms with Gasteiger partial charge in [-0.1, -0.05) is 83.2 Å². The molecule has 0 saturated carbocycles. The lowest BCUT2D eigenvalue weighted by Gasteiger charge is -2.21. The van der Waals surface area contributed by atoms with Gasteiger partial charge in [0.1, 0.15) is 8.07 Å². The molecule has 1 aromatic carbocycles. The normalized spacial score (nSPS) is 12.5. The summed E-state index contributed by atoms with van der Waals surface area (Å²) in [6.07, 6.45) is 7.92. The fourth-order valence-electron chi connectivity index (χ4n) is 3.65. The van der Waals surface area contributed by atoms with Gasteiger partial charge in [0.2, 0.25) is 10.0 Å². The summed E-state index contributed by atoms with van der Waals surface area (Å²) >= 11 is 0. The molecular weight excluding hydrogens is 430 g/mol. The van der Waals surface area contributed by atoms with Gasteiger partial charge in [-0.3, -0.25) is 0 Å². The summed E-state index contributed by atoms with van der Waals surface area (Å²) in [6.45, 7) is 15.4. The maximum atomic E-state index is 13.0. The molecule has 1 rings (SSSR count). The molecule has 0 fully saturated rings. The number of hydrogen-bond donors (Lipinski definition) is 0. The highest BCUT2D eigenvalue weighted by Crippen LogP contribution is 2.21. The molecule has 0 aliphatic heterocycles. The maximum Gasteiger partial charge on any atom is 0.243 e. The van der Waals surface area contributed by atoms with E-state index in [9.17, 15) is 8.42 Å². The van der Waals surface area contributed by atoms with Gasteiger partial charge < -0.3 is 0 Å². The van der Waals surface area contributed by atoms with Crippen LogP contribution < -0.4 is 0 Å². The summed E-state index contributed by atoms with van der Waals surface area (Å²) in [6, 6.07) is 10.4. The van der Waals surface area contributed by atoms with Crippen molar-refractivity contribution in [1.29, 1.82) is 0 Å². The highest BCUT2D eigenvalue weighted by molar-refractivity contribution is 7.89. The number of rotatable bonds is 13. The van der Waals surface area contributed by atoms with E-state index in [0.29, 0.717) is 4.90 Å². The molecule has 1 aromatic rings. The van der Waals surface area contributed by atoms with Crippen LogP contribution in [0.5, 0.6) is 0 Å². The first-order valence-corrected chi connectivity index (χ1v) is 16.2. The Labute approximate surface area is 199 Å². The Bertz CT molecular complexity index is 908. The molecule has 0 atom stereocenters. The smallest absolute Gasteiger partial charge is 0.207 e. The summed E-state index contributed by atoms with van der Waals surface area (Å²) < 4.78 is 27.4. The second kappa shape index (κ2) is 13.8. The number of unbranched alkanes of at least 4 members (excludes halogenated alkanes) is 4. The highest BCUT2D eigenvalue weighted by Gasteiger charge is 2.25. The van der Waals surface area contributed by atoms with Crippen molar-refractivity contribution in [2.24, 2.45) is 0 Å². The largest absolute Gasteiger partial charge is 0.243 e. The van der Waals surface area contributed by atoms with Crippen LogP contribution >= 0.6 is 0 Å². The Balaban J connectivity index is 3.11. The van der Waals surface area contributed by atoms with Crippen molar-refractivity contribution >= 4 is 18.1 Å². The Morgan fingerprint density at radius 2 is 1.62 bits per heavy atom. The summed E-state index contributed by atoms with van der Waals surface area (Å²) in [4.78, 5) is 0.309. The van der Waals surface area contributed by atoms with Gasteiger partial charge in [0, 0.05) is 19.2 Å². The predicted molar refractivity (Wildman–Crippen MR) is 142 cm³/mol. The number of benzene rings is 1. The average molecular weight is 474 g/mol. The first-order valence-electron chi connectivity index (χ1n) is 12.1. The lowest BCUT2D eigenvalue weighted by Crippen LogP contribution is -2.30. The van der Waals surface area contributed by atoms with E-state index in [-0.39, 0.29) is 6.54 Å². The molecule has 0 unspecified atom stereocenters. The van der Waals surface area contributed by atoms with Crippen molar-refractivity contribution in [3.05, 3.63) is 53.6 Å². The van der Waals surface area contributed by atoms with Crippen molar-refractivity contribution in [2.75, 3.05) is 13.6 Å². The lowest BCUT2D eigenvalue weighted by atomic mass is 10.1. The minimum absolute atomic E-state index is 0.241. The molecule has 3 nitrogen and oxygen atoms in total. The van der Waals surface area contributed by atoms with Crippen molar-refractivity contribution in [3.8, 4) is 11.5 Å². The van der Waals surface area contributed by atoms with E-state index in [0.717, 1.165) is 47.7 Å². The molecule has 0 heterocycles. The topological polar surface area (TPSA) is 37.4 Å². The molecule has 0 aliphatic rings. The molecule has 0 aliphatic carbocycles. The number of hydrogen-bond acceptors (Lipinski definition) is 2. The third-order valence-electron chi connectivity index (χ3n) is 6.42. The van der Waals surface area contributed by atoms with Crippen molar-refractivity contribution in [1.82, 2.24) is 4.31 Å². The SMILES string of the molecule is C=C(CN(C)S(=O)(=O)c1ccc(C)cc1)/C(C#C[Si](CC)(CC)CC)=C\CCCCCC. The lowest BCUT2D eigenvalue weighted by molar-refractivity contribution is 0.494. The van der Waals surface area contributed by atoms with E-state index in [1.54, 1.807) is 19.2 Å². The molecule has 0 N–H and O–H groups in total. The number of allylic oxidation sites excluding steroid dienone is 1. The van der Waals surface area contributed by atoms with Gasteiger partial charge in [-0.25, -0.2) is 8.42 Å². The minimum Gasteiger partial charge on any atom is -0.207 e. The Morgan fingerprint density at radius 1 is 1.03 bits per heavy atom. The monoisotopic (exact) mass is 473 g/mol. The molecular formula is C27H43NO2SSi. The molecule has 5 heteroatoms.